The lowest BCUT2D eigenvalue weighted by Gasteiger charge is -2.05. The molecule has 0 atom stereocenters. The number of benzene rings is 1. The molecule has 0 saturated heterocycles. The molecule has 0 unspecified atom stereocenters. The molecule has 0 aliphatic heterocycles. The maximum atomic E-state index is 11.6. The van der Waals surface area contributed by atoms with E-state index in [1.807, 2.05) is 24.5 Å². The minimum atomic E-state index is -0.431. The summed E-state index contributed by atoms with van der Waals surface area (Å²) >= 11 is 0. The standard InChI is InChI=1S/C11H15N3O2/c1-2-8-4-3-5-9(6-8)11(16)13-7-10(15)14-12/h3-6H,2,7,12H2,1H3,(H,13,16)(H,14,15). The maximum absolute atomic E-state index is 11.6. The van der Waals surface area contributed by atoms with Crippen LogP contribution in [0.1, 0.15) is 22.8 Å². The molecule has 1 aromatic carbocycles. The van der Waals surface area contributed by atoms with Gasteiger partial charge >= 0.3 is 0 Å². The molecule has 2 amide bonds. The van der Waals surface area contributed by atoms with E-state index >= 15 is 0 Å². The highest BCUT2D eigenvalue weighted by Crippen LogP contribution is 2.05. The number of nitrogens with one attached hydrogen (secondary N) is 2. The van der Waals surface area contributed by atoms with Gasteiger partial charge in [-0.05, 0) is 24.1 Å². The summed E-state index contributed by atoms with van der Waals surface area (Å²) in [7, 11) is 0. The lowest BCUT2D eigenvalue weighted by atomic mass is 10.1. The van der Waals surface area contributed by atoms with Gasteiger partial charge in [0.2, 0.25) is 0 Å². The Morgan fingerprint density at radius 1 is 1.38 bits per heavy atom. The second-order valence-corrected chi connectivity index (χ2v) is 3.30. The van der Waals surface area contributed by atoms with Crippen LogP contribution in [0.15, 0.2) is 24.3 Å². The van der Waals surface area contributed by atoms with Gasteiger partial charge in [-0.1, -0.05) is 19.1 Å². The molecule has 16 heavy (non-hydrogen) atoms. The van der Waals surface area contributed by atoms with Crippen LogP contribution in [-0.4, -0.2) is 18.4 Å². The zero-order valence-corrected chi connectivity index (χ0v) is 9.12. The van der Waals surface area contributed by atoms with Crippen LogP contribution in [0.25, 0.3) is 0 Å². The molecular weight excluding hydrogens is 206 g/mol. The second kappa shape index (κ2) is 5.87. The van der Waals surface area contributed by atoms with E-state index in [0.717, 1.165) is 12.0 Å². The van der Waals surface area contributed by atoms with Crippen LogP contribution in [0.5, 0.6) is 0 Å². The topological polar surface area (TPSA) is 84.2 Å². The van der Waals surface area contributed by atoms with E-state index in [1.54, 1.807) is 12.1 Å². The molecule has 0 spiro atoms. The summed E-state index contributed by atoms with van der Waals surface area (Å²) in [5, 5.41) is 2.47. The van der Waals surface area contributed by atoms with E-state index in [1.165, 1.54) is 0 Å². The number of nitrogens with two attached hydrogens (primary N) is 1. The number of hydrazine groups is 1. The van der Waals surface area contributed by atoms with Crippen molar-refractivity contribution in [3.05, 3.63) is 35.4 Å². The molecule has 0 aliphatic rings. The third-order valence-corrected chi connectivity index (χ3v) is 2.17. The molecule has 5 heteroatoms. The summed E-state index contributed by atoms with van der Waals surface area (Å²) in [6, 6.07) is 7.27. The fourth-order valence-electron chi connectivity index (χ4n) is 1.25. The van der Waals surface area contributed by atoms with E-state index < -0.39 is 5.91 Å². The summed E-state index contributed by atoms with van der Waals surface area (Å²) in [6.07, 6.45) is 0.865. The zero-order valence-electron chi connectivity index (χ0n) is 9.12. The van der Waals surface area contributed by atoms with Gasteiger partial charge in [0.1, 0.15) is 0 Å². The predicted molar refractivity (Wildman–Crippen MR) is 60.5 cm³/mol. The molecule has 0 aliphatic carbocycles. The van der Waals surface area contributed by atoms with Crippen molar-refractivity contribution in [1.29, 1.82) is 0 Å². The largest absolute Gasteiger partial charge is 0.343 e. The van der Waals surface area contributed by atoms with Crippen LogP contribution in [0, 0.1) is 0 Å². The van der Waals surface area contributed by atoms with E-state index in [9.17, 15) is 9.59 Å². The monoisotopic (exact) mass is 221 g/mol. The lowest BCUT2D eigenvalue weighted by molar-refractivity contribution is -0.120. The third kappa shape index (κ3) is 3.36. The predicted octanol–water partition coefficient (Wildman–Crippen LogP) is -0.0313. The van der Waals surface area contributed by atoms with Gasteiger partial charge in [-0.3, -0.25) is 15.0 Å². The smallest absolute Gasteiger partial charge is 0.253 e. The van der Waals surface area contributed by atoms with Gasteiger partial charge in [-0.2, -0.15) is 0 Å². The number of hydrogen-bond acceptors (Lipinski definition) is 3. The molecule has 0 heterocycles. The van der Waals surface area contributed by atoms with Crippen LogP contribution in [0.2, 0.25) is 0 Å². The Hall–Kier alpha value is -1.88. The van der Waals surface area contributed by atoms with Crippen molar-refractivity contribution in [2.45, 2.75) is 13.3 Å². The van der Waals surface area contributed by atoms with Crippen molar-refractivity contribution < 1.29 is 9.59 Å². The quantitative estimate of drug-likeness (QED) is 0.379. The Balaban J connectivity index is 2.62. The van der Waals surface area contributed by atoms with Gasteiger partial charge in [0.15, 0.2) is 0 Å². The SMILES string of the molecule is CCc1cccc(C(=O)NCC(=O)NN)c1. The Bertz CT molecular complexity index is 391. The lowest BCUT2D eigenvalue weighted by Crippen LogP contribution is -2.40. The Labute approximate surface area is 94.0 Å². The van der Waals surface area contributed by atoms with Crippen LogP contribution >= 0.6 is 0 Å². The molecule has 4 N–H and O–H groups in total. The number of carbonyl (C=O) groups is 2. The Morgan fingerprint density at radius 2 is 2.12 bits per heavy atom. The van der Waals surface area contributed by atoms with Crippen molar-refractivity contribution in [1.82, 2.24) is 10.7 Å². The fourth-order valence-corrected chi connectivity index (χ4v) is 1.25. The third-order valence-electron chi connectivity index (χ3n) is 2.17. The van der Waals surface area contributed by atoms with E-state index in [-0.39, 0.29) is 12.5 Å². The molecule has 5 nitrogen and oxygen atoms in total. The number of amides is 2. The highest BCUT2D eigenvalue weighted by atomic mass is 16.2. The van der Waals surface area contributed by atoms with E-state index in [4.69, 9.17) is 5.84 Å². The summed E-state index contributed by atoms with van der Waals surface area (Å²) in [5.74, 6) is 4.18. The number of rotatable bonds is 4. The molecule has 1 aromatic rings. The van der Waals surface area contributed by atoms with Gasteiger partial charge in [0.05, 0.1) is 6.54 Å². The molecular formula is C11H15N3O2. The Kier molecular flexibility index (Phi) is 4.47. The van der Waals surface area contributed by atoms with Crippen LogP contribution < -0.4 is 16.6 Å². The van der Waals surface area contributed by atoms with Gasteiger partial charge in [0.25, 0.3) is 11.8 Å². The molecule has 1 rings (SSSR count). The minimum absolute atomic E-state index is 0.119. The van der Waals surface area contributed by atoms with Crippen LogP contribution in [-0.2, 0) is 11.2 Å². The Morgan fingerprint density at radius 3 is 2.75 bits per heavy atom. The fraction of sp³-hybridized carbons (Fsp3) is 0.273. The number of hydrogen-bond donors (Lipinski definition) is 3. The molecule has 0 fully saturated rings. The molecule has 0 bridgehead atoms. The first-order valence-electron chi connectivity index (χ1n) is 5.04. The van der Waals surface area contributed by atoms with E-state index in [0.29, 0.717) is 5.56 Å². The zero-order chi connectivity index (χ0) is 12.0. The molecule has 0 aromatic heterocycles. The summed E-state index contributed by atoms with van der Waals surface area (Å²) in [6.45, 7) is 1.89. The van der Waals surface area contributed by atoms with Gasteiger partial charge < -0.3 is 5.32 Å². The van der Waals surface area contributed by atoms with E-state index in [2.05, 4.69) is 5.32 Å². The molecule has 86 valence electrons. The number of aryl methyl sites for hydroxylation is 1. The first-order chi connectivity index (χ1) is 7.67. The van der Waals surface area contributed by atoms with Gasteiger partial charge in [-0.25, -0.2) is 5.84 Å². The van der Waals surface area contributed by atoms with Crippen molar-refractivity contribution in [3.8, 4) is 0 Å². The minimum Gasteiger partial charge on any atom is -0.343 e. The maximum Gasteiger partial charge on any atom is 0.253 e. The summed E-state index contributed by atoms with van der Waals surface area (Å²) < 4.78 is 0. The normalized spacial score (nSPS) is 9.62. The first-order valence-corrected chi connectivity index (χ1v) is 5.04. The van der Waals surface area contributed by atoms with Gasteiger partial charge in [-0.15, -0.1) is 0 Å². The van der Waals surface area contributed by atoms with Crippen molar-refractivity contribution >= 4 is 11.8 Å². The average molecular weight is 221 g/mol. The summed E-state index contributed by atoms with van der Waals surface area (Å²) in [4.78, 5) is 22.4. The highest BCUT2D eigenvalue weighted by molar-refractivity contribution is 5.96. The second-order valence-electron chi connectivity index (χ2n) is 3.30. The summed E-state index contributed by atoms with van der Waals surface area (Å²) in [5.41, 5.74) is 3.57. The van der Waals surface area contributed by atoms with Crippen molar-refractivity contribution in [3.63, 3.8) is 0 Å². The van der Waals surface area contributed by atoms with Crippen molar-refractivity contribution in [2.24, 2.45) is 5.84 Å². The van der Waals surface area contributed by atoms with Gasteiger partial charge in [0, 0.05) is 5.56 Å². The molecule has 0 saturated carbocycles. The average Bonchev–Trinajstić information content (AvgIpc) is 2.35. The van der Waals surface area contributed by atoms with Crippen molar-refractivity contribution in [2.75, 3.05) is 6.54 Å². The highest BCUT2D eigenvalue weighted by Gasteiger charge is 2.07. The van der Waals surface area contributed by atoms with Crippen LogP contribution in [0.4, 0.5) is 0 Å². The molecule has 0 radical (unpaired) electrons. The first kappa shape index (κ1) is 12.2. The van der Waals surface area contributed by atoms with Crippen LogP contribution in [0.3, 0.4) is 0 Å². The number of carbonyl (C=O) groups excluding carboxylic acids is 2.